The molecule has 1 saturated heterocycles. The third kappa shape index (κ3) is 5.70. The van der Waals surface area contributed by atoms with Crippen LogP contribution in [0.5, 0.6) is 0 Å². The average Bonchev–Trinajstić information content (AvgIpc) is 2.62. The fourth-order valence-corrected chi connectivity index (χ4v) is 4.71. The third-order valence-electron chi connectivity index (χ3n) is 6.00. The average molecular weight is 437 g/mol. The monoisotopic (exact) mass is 436 g/mol. The molecule has 0 amide bonds. The SMILES string of the molecule is CC(C)(C)OC1OC(CO)C(OC2CC(CO)C(C(C)(C)C)C(O)C2O)C(O)C1O. The van der Waals surface area contributed by atoms with Crippen LogP contribution in [0.4, 0.5) is 0 Å². The van der Waals surface area contributed by atoms with Crippen molar-refractivity contribution in [3.63, 3.8) is 0 Å². The molecule has 10 atom stereocenters. The van der Waals surface area contributed by atoms with Crippen LogP contribution in [0.3, 0.4) is 0 Å². The zero-order chi connectivity index (χ0) is 23.0. The molecule has 9 heteroatoms. The minimum Gasteiger partial charge on any atom is -0.396 e. The van der Waals surface area contributed by atoms with Crippen molar-refractivity contribution in [2.45, 2.75) is 103 Å². The van der Waals surface area contributed by atoms with Crippen LogP contribution in [-0.2, 0) is 14.2 Å². The molecule has 10 unspecified atom stereocenters. The fraction of sp³-hybridized carbons (Fsp3) is 1.00. The maximum absolute atomic E-state index is 10.7. The van der Waals surface area contributed by atoms with E-state index < -0.39 is 61.2 Å². The summed E-state index contributed by atoms with van der Waals surface area (Å²) in [6.45, 7) is 10.4. The van der Waals surface area contributed by atoms with Gasteiger partial charge in [0.25, 0.3) is 0 Å². The van der Waals surface area contributed by atoms with Gasteiger partial charge >= 0.3 is 0 Å². The van der Waals surface area contributed by atoms with Gasteiger partial charge in [-0.1, -0.05) is 20.8 Å². The lowest BCUT2D eigenvalue weighted by Gasteiger charge is -2.50. The Bertz CT molecular complexity index is 540. The molecule has 0 bridgehead atoms. The fourth-order valence-electron chi connectivity index (χ4n) is 4.71. The molecule has 1 aliphatic heterocycles. The van der Waals surface area contributed by atoms with E-state index in [1.807, 2.05) is 20.8 Å². The molecule has 1 heterocycles. The van der Waals surface area contributed by atoms with E-state index in [1.165, 1.54) is 0 Å². The molecule has 0 aromatic rings. The summed E-state index contributed by atoms with van der Waals surface area (Å²) in [7, 11) is 0. The topological polar surface area (TPSA) is 149 Å². The van der Waals surface area contributed by atoms with Gasteiger partial charge in [-0.15, -0.1) is 0 Å². The van der Waals surface area contributed by atoms with Crippen molar-refractivity contribution in [2.24, 2.45) is 17.3 Å². The second-order valence-corrected chi connectivity index (χ2v) is 10.6. The highest BCUT2D eigenvalue weighted by atomic mass is 16.7. The lowest BCUT2D eigenvalue weighted by molar-refractivity contribution is -0.336. The zero-order valence-electron chi connectivity index (χ0n) is 18.8. The summed E-state index contributed by atoms with van der Waals surface area (Å²) in [4.78, 5) is 0. The van der Waals surface area contributed by atoms with Gasteiger partial charge in [-0.05, 0) is 44.4 Å². The van der Waals surface area contributed by atoms with Gasteiger partial charge in [0, 0.05) is 6.61 Å². The van der Waals surface area contributed by atoms with Crippen molar-refractivity contribution in [3.8, 4) is 0 Å². The van der Waals surface area contributed by atoms with Gasteiger partial charge in [0.1, 0.15) is 30.5 Å². The number of hydrogen-bond acceptors (Lipinski definition) is 9. The Morgan fingerprint density at radius 3 is 1.90 bits per heavy atom. The highest BCUT2D eigenvalue weighted by molar-refractivity contribution is 4.99. The smallest absolute Gasteiger partial charge is 0.187 e. The molecular weight excluding hydrogens is 396 g/mol. The Kier molecular flexibility index (Phi) is 8.32. The zero-order valence-corrected chi connectivity index (χ0v) is 18.8. The largest absolute Gasteiger partial charge is 0.396 e. The second kappa shape index (κ2) is 9.64. The van der Waals surface area contributed by atoms with Crippen molar-refractivity contribution in [2.75, 3.05) is 13.2 Å². The van der Waals surface area contributed by atoms with Gasteiger partial charge in [-0.3, -0.25) is 0 Å². The summed E-state index contributed by atoms with van der Waals surface area (Å²) in [6.07, 6.45) is -9.26. The molecule has 2 fully saturated rings. The maximum atomic E-state index is 10.7. The lowest BCUT2D eigenvalue weighted by atomic mass is 9.63. The van der Waals surface area contributed by atoms with Crippen molar-refractivity contribution >= 4 is 0 Å². The van der Waals surface area contributed by atoms with E-state index in [9.17, 15) is 30.6 Å². The third-order valence-corrected chi connectivity index (χ3v) is 6.00. The first-order valence-corrected chi connectivity index (χ1v) is 10.6. The van der Waals surface area contributed by atoms with E-state index in [2.05, 4.69) is 0 Å². The molecule has 0 aromatic heterocycles. The number of aliphatic hydroxyl groups excluding tert-OH is 6. The number of aliphatic hydroxyl groups is 6. The summed E-state index contributed by atoms with van der Waals surface area (Å²) in [5, 5.41) is 62.2. The van der Waals surface area contributed by atoms with Crippen LogP contribution < -0.4 is 0 Å². The lowest BCUT2D eigenvalue weighted by Crippen LogP contribution is -2.63. The summed E-state index contributed by atoms with van der Waals surface area (Å²) < 4.78 is 17.2. The van der Waals surface area contributed by atoms with Crippen LogP contribution >= 0.6 is 0 Å². The highest BCUT2D eigenvalue weighted by Crippen LogP contribution is 2.43. The van der Waals surface area contributed by atoms with Crippen molar-refractivity contribution in [1.29, 1.82) is 0 Å². The molecule has 0 aromatic carbocycles. The van der Waals surface area contributed by atoms with Gasteiger partial charge < -0.3 is 44.8 Å². The van der Waals surface area contributed by atoms with Crippen LogP contribution in [0.25, 0.3) is 0 Å². The van der Waals surface area contributed by atoms with E-state index in [0.717, 1.165) is 0 Å². The standard InChI is InChI=1S/C21H40O9/c1-20(2,3)13-10(8-22)7-11(14(24)15(13)25)28-18-12(9-23)29-19(17(27)16(18)26)30-21(4,5)6/h10-19,22-27H,7-9H2,1-6H3. The first kappa shape index (κ1) is 25.9. The van der Waals surface area contributed by atoms with Gasteiger partial charge in [0.2, 0.25) is 0 Å². The van der Waals surface area contributed by atoms with Crippen LogP contribution in [0, 0.1) is 17.3 Å². The predicted octanol–water partition coefficient (Wildman–Crippen LogP) is -0.609. The Labute approximate surface area is 178 Å². The number of rotatable bonds is 5. The molecule has 30 heavy (non-hydrogen) atoms. The maximum Gasteiger partial charge on any atom is 0.187 e. The molecule has 1 saturated carbocycles. The van der Waals surface area contributed by atoms with Crippen molar-refractivity contribution in [3.05, 3.63) is 0 Å². The molecular formula is C21H40O9. The highest BCUT2D eigenvalue weighted by Gasteiger charge is 2.52. The Balaban J connectivity index is 2.18. The van der Waals surface area contributed by atoms with Gasteiger partial charge in [-0.25, -0.2) is 0 Å². The first-order chi connectivity index (χ1) is 13.7. The van der Waals surface area contributed by atoms with Crippen LogP contribution in [0.1, 0.15) is 48.0 Å². The van der Waals surface area contributed by atoms with Crippen LogP contribution in [0.15, 0.2) is 0 Å². The quantitative estimate of drug-likeness (QED) is 0.332. The Morgan fingerprint density at radius 1 is 0.833 bits per heavy atom. The number of ether oxygens (including phenoxy) is 3. The van der Waals surface area contributed by atoms with Gasteiger partial charge in [0.05, 0.1) is 24.4 Å². The van der Waals surface area contributed by atoms with E-state index in [1.54, 1.807) is 20.8 Å². The Hall–Kier alpha value is -0.360. The van der Waals surface area contributed by atoms with Crippen molar-refractivity contribution < 1.29 is 44.8 Å². The minimum atomic E-state index is -1.44. The molecule has 2 aliphatic rings. The molecule has 9 nitrogen and oxygen atoms in total. The molecule has 6 N–H and O–H groups in total. The molecule has 178 valence electrons. The van der Waals surface area contributed by atoms with E-state index in [4.69, 9.17) is 14.2 Å². The predicted molar refractivity (Wildman–Crippen MR) is 107 cm³/mol. The van der Waals surface area contributed by atoms with E-state index in [0.29, 0.717) is 0 Å². The van der Waals surface area contributed by atoms with E-state index >= 15 is 0 Å². The van der Waals surface area contributed by atoms with E-state index in [-0.39, 0.29) is 30.3 Å². The van der Waals surface area contributed by atoms with Crippen LogP contribution in [-0.4, -0.2) is 98.5 Å². The normalized spacial score (nSPS) is 43.6. The summed E-state index contributed by atoms with van der Waals surface area (Å²) in [5.74, 6) is -0.682. The summed E-state index contributed by atoms with van der Waals surface area (Å²) in [6, 6.07) is 0. The summed E-state index contributed by atoms with van der Waals surface area (Å²) in [5.41, 5.74) is -1.01. The minimum absolute atomic E-state index is 0.192. The van der Waals surface area contributed by atoms with Gasteiger partial charge in [-0.2, -0.15) is 0 Å². The Morgan fingerprint density at radius 2 is 1.43 bits per heavy atom. The molecule has 2 rings (SSSR count). The molecule has 0 spiro atoms. The van der Waals surface area contributed by atoms with Crippen LogP contribution in [0.2, 0.25) is 0 Å². The van der Waals surface area contributed by atoms with Crippen molar-refractivity contribution in [1.82, 2.24) is 0 Å². The second-order valence-electron chi connectivity index (χ2n) is 10.6. The summed E-state index contributed by atoms with van der Waals surface area (Å²) >= 11 is 0. The molecule has 1 aliphatic carbocycles. The first-order valence-electron chi connectivity index (χ1n) is 10.6. The molecule has 0 radical (unpaired) electrons. The number of hydrogen-bond donors (Lipinski definition) is 6. The van der Waals surface area contributed by atoms with Gasteiger partial charge in [0.15, 0.2) is 6.29 Å².